The number of rotatable bonds is 5. The predicted molar refractivity (Wildman–Crippen MR) is 72.0 cm³/mol. The van der Waals surface area contributed by atoms with Gasteiger partial charge in [-0.15, -0.1) is 11.3 Å². The molecule has 0 aromatic carbocycles. The van der Waals surface area contributed by atoms with Crippen LogP contribution in [0.3, 0.4) is 0 Å². The van der Waals surface area contributed by atoms with Crippen molar-refractivity contribution in [3.8, 4) is 10.6 Å². The van der Waals surface area contributed by atoms with Crippen molar-refractivity contribution in [2.24, 2.45) is 0 Å². The van der Waals surface area contributed by atoms with Crippen molar-refractivity contribution in [3.63, 3.8) is 0 Å². The summed E-state index contributed by atoms with van der Waals surface area (Å²) in [5.74, 6) is -0.326. The fourth-order valence-electron chi connectivity index (χ4n) is 1.62. The molecule has 0 spiro atoms. The van der Waals surface area contributed by atoms with E-state index in [1.165, 1.54) is 17.5 Å². The summed E-state index contributed by atoms with van der Waals surface area (Å²) in [6, 6.07) is 1.91. The van der Waals surface area contributed by atoms with Gasteiger partial charge in [0.25, 0.3) is 0 Å². The van der Waals surface area contributed by atoms with Crippen LogP contribution in [0.1, 0.15) is 31.2 Å². The lowest BCUT2D eigenvalue weighted by molar-refractivity contribution is 0.577. The highest BCUT2D eigenvalue weighted by Crippen LogP contribution is 2.29. The highest BCUT2D eigenvalue weighted by Gasteiger charge is 2.12. The SMILES string of the molecule is CCCNC(C)c1cnc(-c2ccncc2F)s1. The van der Waals surface area contributed by atoms with Gasteiger partial charge in [0.1, 0.15) is 5.01 Å². The van der Waals surface area contributed by atoms with Gasteiger partial charge < -0.3 is 5.32 Å². The van der Waals surface area contributed by atoms with E-state index in [-0.39, 0.29) is 11.9 Å². The molecule has 2 heterocycles. The lowest BCUT2D eigenvalue weighted by Crippen LogP contribution is -2.18. The van der Waals surface area contributed by atoms with Gasteiger partial charge in [0.2, 0.25) is 0 Å². The summed E-state index contributed by atoms with van der Waals surface area (Å²) in [5.41, 5.74) is 0.518. The van der Waals surface area contributed by atoms with Gasteiger partial charge in [-0.2, -0.15) is 0 Å². The van der Waals surface area contributed by atoms with E-state index in [0.29, 0.717) is 10.6 Å². The van der Waals surface area contributed by atoms with Crippen LogP contribution in [0.15, 0.2) is 24.7 Å². The molecule has 96 valence electrons. The quantitative estimate of drug-likeness (QED) is 0.900. The molecule has 2 aromatic heterocycles. The highest BCUT2D eigenvalue weighted by atomic mass is 32.1. The molecular weight excluding hydrogens is 249 g/mol. The number of nitrogens with one attached hydrogen (secondary N) is 1. The van der Waals surface area contributed by atoms with Gasteiger partial charge in [-0.3, -0.25) is 4.98 Å². The molecule has 3 nitrogen and oxygen atoms in total. The molecule has 0 aliphatic rings. The number of aromatic nitrogens is 2. The second-order valence-corrected chi connectivity index (χ2v) is 5.16. The van der Waals surface area contributed by atoms with Gasteiger partial charge in [0.15, 0.2) is 5.82 Å². The maximum Gasteiger partial charge on any atom is 0.151 e. The predicted octanol–water partition coefficient (Wildman–Crippen LogP) is 3.40. The Hall–Kier alpha value is -1.33. The third-order valence-electron chi connectivity index (χ3n) is 2.65. The third kappa shape index (κ3) is 2.91. The first-order chi connectivity index (χ1) is 8.72. The van der Waals surface area contributed by atoms with Gasteiger partial charge in [-0.05, 0) is 26.0 Å². The normalized spacial score (nSPS) is 12.6. The Morgan fingerprint density at radius 2 is 2.28 bits per heavy atom. The molecule has 0 saturated carbocycles. The van der Waals surface area contributed by atoms with Crippen LogP contribution in [0.25, 0.3) is 10.6 Å². The lowest BCUT2D eigenvalue weighted by atomic mass is 10.3. The van der Waals surface area contributed by atoms with Crippen molar-refractivity contribution in [3.05, 3.63) is 35.4 Å². The van der Waals surface area contributed by atoms with Crippen molar-refractivity contribution in [2.75, 3.05) is 6.54 Å². The van der Waals surface area contributed by atoms with Gasteiger partial charge in [-0.25, -0.2) is 9.37 Å². The number of thiazole rings is 1. The zero-order valence-electron chi connectivity index (χ0n) is 10.5. The fraction of sp³-hybridized carbons (Fsp3) is 0.385. The third-order valence-corrected chi connectivity index (χ3v) is 3.87. The summed E-state index contributed by atoms with van der Waals surface area (Å²) < 4.78 is 13.6. The van der Waals surface area contributed by atoms with Crippen LogP contribution in [0.5, 0.6) is 0 Å². The summed E-state index contributed by atoms with van der Waals surface area (Å²) in [7, 11) is 0. The van der Waals surface area contributed by atoms with Crippen molar-refractivity contribution >= 4 is 11.3 Å². The molecule has 0 radical (unpaired) electrons. The smallest absolute Gasteiger partial charge is 0.151 e. The summed E-state index contributed by atoms with van der Waals surface area (Å²) in [6.07, 6.45) is 5.70. The number of halogens is 1. The Morgan fingerprint density at radius 3 is 3.00 bits per heavy atom. The zero-order valence-corrected chi connectivity index (χ0v) is 11.3. The summed E-state index contributed by atoms with van der Waals surface area (Å²) >= 11 is 1.52. The van der Waals surface area contributed by atoms with E-state index in [0.717, 1.165) is 17.8 Å². The molecule has 1 atom stereocenters. The van der Waals surface area contributed by atoms with Crippen molar-refractivity contribution in [1.82, 2.24) is 15.3 Å². The first-order valence-electron chi connectivity index (χ1n) is 6.01. The first-order valence-corrected chi connectivity index (χ1v) is 6.83. The van der Waals surface area contributed by atoms with E-state index in [9.17, 15) is 4.39 Å². The first kappa shape index (κ1) is 13.1. The molecule has 2 aromatic rings. The Kier molecular flexibility index (Phi) is 4.38. The molecular formula is C13H16FN3S. The van der Waals surface area contributed by atoms with Gasteiger partial charge in [0.05, 0.1) is 6.20 Å². The molecule has 1 unspecified atom stereocenters. The minimum absolute atomic E-state index is 0.251. The summed E-state index contributed by atoms with van der Waals surface area (Å²) in [5, 5.41) is 4.10. The number of hydrogen-bond donors (Lipinski definition) is 1. The van der Waals surface area contributed by atoms with E-state index in [4.69, 9.17) is 0 Å². The highest BCUT2D eigenvalue weighted by molar-refractivity contribution is 7.15. The Balaban J connectivity index is 2.18. The Bertz CT molecular complexity index is 512. The molecule has 0 bridgehead atoms. The molecule has 18 heavy (non-hydrogen) atoms. The van der Waals surface area contributed by atoms with Crippen molar-refractivity contribution < 1.29 is 4.39 Å². The second kappa shape index (κ2) is 6.02. The zero-order chi connectivity index (χ0) is 13.0. The van der Waals surface area contributed by atoms with Crippen molar-refractivity contribution in [1.29, 1.82) is 0 Å². The molecule has 0 amide bonds. The minimum atomic E-state index is -0.326. The van der Waals surface area contributed by atoms with E-state index in [2.05, 4.69) is 29.1 Å². The van der Waals surface area contributed by atoms with Crippen LogP contribution in [0, 0.1) is 5.82 Å². The standard InChI is InChI=1S/C13H16FN3S/c1-3-5-16-9(2)12-8-17-13(18-12)10-4-6-15-7-11(10)14/h4,6-9,16H,3,5H2,1-2H3. The number of pyridine rings is 1. The van der Waals surface area contributed by atoms with E-state index in [1.54, 1.807) is 12.3 Å². The number of nitrogens with zero attached hydrogens (tertiary/aromatic N) is 2. The van der Waals surface area contributed by atoms with Gasteiger partial charge in [0, 0.05) is 28.9 Å². The molecule has 0 fully saturated rings. The molecule has 1 N–H and O–H groups in total. The molecule has 2 rings (SSSR count). The minimum Gasteiger partial charge on any atom is -0.309 e. The molecule has 0 saturated heterocycles. The molecule has 5 heteroatoms. The molecule has 0 aliphatic carbocycles. The Labute approximate surface area is 110 Å². The average molecular weight is 265 g/mol. The van der Waals surface area contributed by atoms with Gasteiger partial charge >= 0.3 is 0 Å². The van der Waals surface area contributed by atoms with E-state index in [1.807, 2.05) is 6.20 Å². The largest absolute Gasteiger partial charge is 0.309 e. The Morgan fingerprint density at radius 1 is 1.44 bits per heavy atom. The topological polar surface area (TPSA) is 37.8 Å². The van der Waals surface area contributed by atoms with Crippen LogP contribution < -0.4 is 5.32 Å². The fourth-order valence-corrected chi connectivity index (χ4v) is 2.59. The van der Waals surface area contributed by atoms with E-state index >= 15 is 0 Å². The summed E-state index contributed by atoms with van der Waals surface area (Å²) in [6.45, 7) is 5.19. The van der Waals surface area contributed by atoms with Crippen LogP contribution >= 0.6 is 11.3 Å². The average Bonchev–Trinajstić information content (AvgIpc) is 2.86. The van der Waals surface area contributed by atoms with Crippen LogP contribution in [0.2, 0.25) is 0 Å². The monoisotopic (exact) mass is 265 g/mol. The molecule has 0 aliphatic heterocycles. The van der Waals surface area contributed by atoms with Crippen LogP contribution in [-0.2, 0) is 0 Å². The van der Waals surface area contributed by atoms with Crippen LogP contribution in [0.4, 0.5) is 4.39 Å². The van der Waals surface area contributed by atoms with Crippen molar-refractivity contribution in [2.45, 2.75) is 26.3 Å². The maximum atomic E-state index is 13.6. The van der Waals surface area contributed by atoms with E-state index < -0.39 is 0 Å². The maximum absolute atomic E-state index is 13.6. The second-order valence-electron chi connectivity index (χ2n) is 4.10. The number of hydrogen-bond acceptors (Lipinski definition) is 4. The lowest BCUT2D eigenvalue weighted by Gasteiger charge is -2.09. The van der Waals surface area contributed by atoms with Crippen LogP contribution in [-0.4, -0.2) is 16.5 Å². The summed E-state index contributed by atoms with van der Waals surface area (Å²) in [4.78, 5) is 9.15. The van der Waals surface area contributed by atoms with Gasteiger partial charge in [-0.1, -0.05) is 6.92 Å².